The molecule has 0 saturated heterocycles. The fourth-order valence-corrected chi connectivity index (χ4v) is 2.25. The second-order valence-electron chi connectivity index (χ2n) is 4.82. The first-order valence-corrected chi connectivity index (χ1v) is 6.75. The van der Waals surface area contributed by atoms with Gasteiger partial charge in [0, 0.05) is 18.9 Å². The van der Waals surface area contributed by atoms with E-state index in [1.54, 1.807) is 21.1 Å². The largest absolute Gasteiger partial charge is 0.550 e. The van der Waals surface area contributed by atoms with Gasteiger partial charge in [0.1, 0.15) is 12.6 Å². The molecule has 0 saturated carbocycles. The molecule has 0 bridgehead atoms. The molecule has 2 N–H and O–H groups in total. The van der Waals surface area contributed by atoms with Gasteiger partial charge in [-0.05, 0) is 0 Å². The Kier molecular flexibility index (Phi) is 6.03. The highest BCUT2D eigenvalue weighted by Gasteiger charge is 2.24. The smallest absolute Gasteiger partial charge is 0.269 e. The van der Waals surface area contributed by atoms with Crippen LogP contribution >= 0.6 is 0 Å². The first-order chi connectivity index (χ1) is 7.56. The van der Waals surface area contributed by atoms with Crippen LogP contribution in [0.2, 0.25) is 0 Å². The predicted molar refractivity (Wildman–Crippen MR) is 60.2 cm³/mol. The lowest BCUT2D eigenvalue weighted by molar-refractivity contribution is -0.873. The third-order valence-electron chi connectivity index (χ3n) is 1.80. The normalized spacial score (nSPS) is 14.6. The van der Waals surface area contributed by atoms with Gasteiger partial charge in [-0.3, -0.25) is 4.18 Å². The van der Waals surface area contributed by atoms with E-state index in [0.29, 0.717) is 4.48 Å². The first-order valence-electron chi connectivity index (χ1n) is 5.17. The molecule has 0 aromatic heterocycles. The zero-order valence-corrected chi connectivity index (χ0v) is 11.2. The molecule has 0 amide bonds. The minimum Gasteiger partial charge on any atom is -0.550 e. The average Bonchev–Trinajstić information content (AvgIpc) is 1.96. The summed E-state index contributed by atoms with van der Waals surface area (Å²) in [4.78, 5) is 10.5. The second kappa shape index (κ2) is 6.29. The molecule has 0 aromatic carbocycles. The Hall–Kier alpha value is -0.700. The van der Waals surface area contributed by atoms with E-state index in [-0.39, 0.29) is 18.8 Å². The third-order valence-corrected chi connectivity index (χ3v) is 3.10. The van der Waals surface area contributed by atoms with Gasteiger partial charge in [0.25, 0.3) is 10.1 Å². The van der Waals surface area contributed by atoms with Crippen molar-refractivity contribution >= 4 is 16.1 Å². The molecule has 0 fully saturated rings. The Morgan fingerprint density at radius 3 is 2.29 bits per heavy atom. The lowest BCUT2D eigenvalue weighted by atomic mass is 10.2. The predicted octanol–water partition coefficient (Wildman–Crippen LogP) is -2.49. The maximum Gasteiger partial charge on any atom is 0.269 e. The van der Waals surface area contributed by atoms with E-state index in [4.69, 9.17) is 9.92 Å². The van der Waals surface area contributed by atoms with Gasteiger partial charge in [-0.25, -0.2) is 0 Å². The SMILES string of the molecule is C[N+](C)(C)C[C@@H](CC(=O)[O-])OS(=O)(=O)CCN. The van der Waals surface area contributed by atoms with Gasteiger partial charge in [-0.2, -0.15) is 8.42 Å². The fraction of sp³-hybridized carbons (Fsp3) is 0.889. The number of nitrogens with two attached hydrogens (primary N) is 1. The highest BCUT2D eigenvalue weighted by atomic mass is 32.2. The summed E-state index contributed by atoms with van der Waals surface area (Å²) in [7, 11) is 1.65. The molecule has 0 spiro atoms. The molecular formula is C9H20N2O5S. The number of rotatable bonds is 8. The molecular weight excluding hydrogens is 248 g/mol. The summed E-state index contributed by atoms with van der Waals surface area (Å²) in [6.45, 7) is 0.183. The van der Waals surface area contributed by atoms with E-state index >= 15 is 0 Å². The molecule has 17 heavy (non-hydrogen) atoms. The minimum atomic E-state index is -3.77. The van der Waals surface area contributed by atoms with Gasteiger partial charge in [-0.15, -0.1) is 0 Å². The molecule has 0 unspecified atom stereocenters. The Balaban J connectivity index is 4.65. The van der Waals surface area contributed by atoms with Crippen LogP contribution in [0.25, 0.3) is 0 Å². The van der Waals surface area contributed by atoms with Crippen LogP contribution < -0.4 is 10.8 Å². The van der Waals surface area contributed by atoms with Crippen LogP contribution in [0.15, 0.2) is 0 Å². The minimum absolute atomic E-state index is 0.0647. The van der Waals surface area contributed by atoms with Crippen LogP contribution in [-0.4, -0.2) is 65.0 Å². The molecule has 0 heterocycles. The van der Waals surface area contributed by atoms with Gasteiger partial charge in [0.15, 0.2) is 0 Å². The first kappa shape index (κ1) is 16.3. The van der Waals surface area contributed by atoms with Crippen LogP contribution in [0.3, 0.4) is 0 Å². The number of likely N-dealkylation sites (N-methyl/N-ethyl adjacent to an activating group) is 1. The number of aliphatic carboxylic acids is 1. The number of carboxylic acids is 1. The van der Waals surface area contributed by atoms with Gasteiger partial charge >= 0.3 is 0 Å². The van der Waals surface area contributed by atoms with Crippen molar-refractivity contribution in [1.82, 2.24) is 0 Å². The van der Waals surface area contributed by atoms with E-state index in [9.17, 15) is 18.3 Å². The highest BCUT2D eigenvalue weighted by Crippen LogP contribution is 2.08. The van der Waals surface area contributed by atoms with Gasteiger partial charge in [0.05, 0.1) is 26.9 Å². The van der Waals surface area contributed by atoms with Crippen LogP contribution in [0.4, 0.5) is 0 Å². The molecule has 7 nitrogen and oxygen atoms in total. The second-order valence-corrected chi connectivity index (χ2v) is 6.53. The zero-order chi connectivity index (χ0) is 13.7. The molecule has 0 radical (unpaired) electrons. The molecule has 0 aliphatic rings. The van der Waals surface area contributed by atoms with Gasteiger partial charge < -0.3 is 20.1 Å². The van der Waals surface area contributed by atoms with E-state index in [0.717, 1.165) is 0 Å². The number of nitrogens with zero attached hydrogens (tertiary/aromatic N) is 1. The Labute approximate surface area is 102 Å². The van der Waals surface area contributed by atoms with E-state index in [2.05, 4.69) is 0 Å². The van der Waals surface area contributed by atoms with Crippen molar-refractivity contribution in [1.29, 1.82) is 0 Å². The summed E-state index contributed by atoms with van der Waals surface area (Å²) in [5, 5.41) is 10.5. The van der Waals surface area contributed by atoms with Gasteiger partial charge in [-0.1, -0.05) is 0 Å². The van der Waals surface area contributed by atoms with Crippen molar-refractivity contribution in [3.05, 3.63) is 0 Å². The van der Waals surface area contributed by atoms with Gasteiger partial charge in [0.2, 0.25) is 0 Å². The molecule has 0 rings (SSSR count). The van der Waals surface area contributed by atoms with Crippen LogP contribution in [0.1, 0.15) is 6.42 Å². The topological polar surface area (TPSA) is 110 Å². The quantitative estimate of drug-likeness (QED) is 0.385. The van der Waals surface area contributed by atoms with Crippen molar-refractivity contribution in [3.63, 3.8) is 0 Å². The Bertz CT molecular complexity index is 347. The zero-order valence-electron chi connectivity index (χ0n) is 10.4. The van der Waals surface area contributed by atoms with E-state index in [1.807, 2.05) is 0 Å². The molecule has 8 heteroatoms. The van der Waals surface area contributed by atoms with E-state index < -0.39 is 28.6 Å². The van der Waals surface area contributed by atoms with Crippen molar-refractivity contribution in [2.24, 2.45) is 5.73 Å². The number of hydrogen-bond donors (Lipinski definition) is 1. The summed E-state index contributed by atoms with van der Waals surface area (Å²) in [5.41, 5.74) is 5.13. The summed E-state index contributed by atoms with van der Waals surface area (Å²) in [6.07, 6.45) is -1.39. The maximum atomic E-state index is 11.4. The average molecular weight is 268 g/mol. The summed E-state index contributed by atoms with van der Waals surface area (Å²) in [6, 6.07) is 0. The number of quaternary nitrogens is 1. The molecule has 102 valence electrons. The monoisotopic (exact) mass is 268 g/mol. The number of hydrogen-bond acceptors (Lipinski definition) is 6. The van der Waals surface area contributed by atoms with Crippen LogP contribution in [-0.2, 0) is 19.1 Å². The lowest BCUT2D eigenvalue weighted by Gasteiger charge is -2.29. The Morgan fingerprint density at radius 1 is 1.41 bits per heavy atom. The Morgan fingerprint density at radius 2 is 1.94 bits per heavy atom. The standard InChI is InChI=1S/C9H20N2O5S/c1-11(2,3)7-8(6-9(12)13)16-17(14,15)5-4-10/h8H,4-7,10H2,1-3H3/t8-/m1/s1. The molecule has 1 atom stereocenters. The summed E-state index contributed by atoms with van der Waals surface area (Å²) < 4.78 is 28.0. The summed E-state index contributed by atoms with van der Waals surface area (Å²) in [5.74, 6) is -1.67. The number of carbonyl (C=O) groups is 1. The molecule has 0 aliphatic carbocycles. The molecule has 0 aliphatic heterocycles. The lowest BCUT2D eigenvalue weighted by Crippen LogP contribution is -2.45. The summed E-state index contributed by atoms with van der Waals surface area (Å²) >= 11 is 0. The van der Waals surface area contributed by atoms with Crippen molar-refractivity contribution in [2.45, 2.75) is 12.5 Å². The maximum absolute atomic E-state index is 11.4. The number of carbonyl (C=O) groups excluding carboxylic acids is 1. The van der Waals surface area contributed by atoms with Crippen molar-refractivity contribution < 1.29 is 27.0 Å². The van der Waals surface area contributed by atoms with Crippen molar-refractivity contribution in [3.8, 4) is 0 Å². The molecule has 0 aromatic rings. The third kappa shape index (κ3) is 9.04. The highest BCUT2D eigenvalue weighted by molar-refractivity contribution is 7.86. The van der Waals surface area contributed by atoms with E-state index in [1.165, 1.54) is 0 Å². The van der Waals surface area contributed by atoms with Crippen LogP contribution in [0, 0.1) is 0 Å². The number of carboxylic acid groups (broad SMARTS) is 1. The van der Waals surface area contributed by atoms with Crippen molar-refractivity contribution in [2.75, 3.05) is 40.0 Å². The van der Waals surface area contributed by atoms with Crippen LogP contribution in [0.5, 0.6) is 0 Å². The fourth-order valence-electron chi connectivity index (χ4n) is 1.33.